The van der Waals surface area contributed by atoms with E-state index in [-0.39, 0.29) is 29.2 Å². The molecule has 2 aromatic carbocycles. The first-order chi connectivity index (χ1) is 17.1. The van der Waals surface area contributed by atoms with E-state index in [1.54, 1.807) is 6.92 Å². The van der Waals surface area contributed by atoms with Crippen molar-refractivity contribution in [1.82, 2.24) is 9.80 Å². The van der Waals surface area contributed by atoms with E-state index in [4.69, 9.17) is 0 Å². The molecule has 0 radical (unpaired) electrons. The lowest BCUT2D eigenvalue weighted by molar-refractivity contribution is -0.147. The van der Waals surface area contributed by atoms with Gasteiger partial charge < -0.3 is 14.9 Å². The molecular weight excluding hydrogens is 448 g/mol. The summed E-state index contributed by atoms with van der Waals surface area (Å²) in [5, 5.41) is 12.3. The van der Waals surface area contributed by atoms with Crippen LogP contribution in [0.3, 0.4) is 0 Å². The van der Waals surface area contributed by atoms with E-state index in [0.29, 0.717) is 31.7 Å². The number of aliphatic hydroxyl groups is 1. The molecule has 0 bridgehead atoms. The molecule has 2 aromatic rings. The highest BCUT2D eigenvalue weighted by Gasteiger charge is 2.49. The van der Waals surface area contributed by atoms with Crippen molar-refractivity contribution >= 4 is 11.8 Å². The van der Waals surface area contributed by atoms with Crippen LogP contribution in [0.25, 0.3) is 0 Å². The van der Waals surface area contributed by atoms with Gasteiger partial charge in [0.1, 0.15) is 0 Å². The minimum Gasteiger partial charge on any atom is -0.389 e. The number of amides is 2. The zero-order valence-electron chi connectivity index (χ0n) is 22.3. The molecule has 2 atom stereocenters. The summed E-state index contributed by atoms with van der Waals surface area (Å²) < 4.78 is 0. The van der Waals surface area contributed by atoms with Gasteiger partial charge in [0, 0.05) is 44.9 Å². The molecule has 0 aliphatic carbocycles. The summed E-state index contributed by atoms with van der Waals surface area (Å²) in [4.78, 5) is 29.2. The molecule has 4 rings (SSSR count). The number of hydrogen-bond donors (Lipinski definition) is 1. The fourth-order valence-electron chi connectivity index (χ4n) is 6.27. The molecule has 5 nitrogen and oxygen atoms in total. The zero-order valence-corrected chi connectivity index (χ0v) is 22.3. The van der Waals surface area contributed by atoms with Gasteiger partial charge in [0.15, 0.2) is 0 Å². The van der Waals surface area contributed by atoms with E-state index >= 15 is 0 Å². The van der Waals surface area contributed by atoms with Gasteiger partial charge >= 0.3 is 0 Å². The Morgan fingerprint density at radius 2 is 1.47 bits per heavy atom. The number of carbonyl (C=O) groups is 2. The number of benzene rings is 2. The highest BCUT2D eigenvalue weighted by atomic mass is 16.3. The molecule has 5 heteroatoms. The maximum absolute atomic E-state index is 13.6. The Balaban J connectivity index is 1.55. The molecule has 2 aliphatic rings. The van der Waals surface area contributed by atoms with Crippen molar-refractivity contribution in [2.24, 2.45) is 11.3 Å². The summed E-state index contributed by atoms with van der Waals surface area (Å²) in [6, 6.07) is 20.5. The van der Waals surface area contributed by atoms with Crippen LogP contribution < -0.4 is 0 Å². The molecule has 2 amide bonds. The van der Waals surface area contributed by atoms with Gasteiger partial charge in [-0.1, -0.05) is 81.4 Å². The summed E-state index contributed by atoms with van der Waals surface area (Å²) in [7, 11) is 0. The van der Waals surface area contributed by atoms with Crippen molar-refractivity contribution in [3.63, 3.8) is 0 Å². The van der Waals surface area contributed by atoms with Crippen LogP contribution in [0.1, 0.15) is 76.8 Å². The van der Waals surface area contributed by atoms with E-state index in [9.17, 15) is 14.7 Å². The highest BCUT2D eigenvalue weighted by molar-refractivity contribution is 5.77. The normalized spacial score (nSPS) is 23.7. The largest absolute Gasteiger partial charge is 0.389 e. The van der Waals surface area contributed by atoms with Gasteiger partial charge in [-0.25, -0.2) is 0 Å². The van der Waals surface area contributed by atoms with Crippen LogP contribution in [0.4, 0.5) is 0 Å². The molecular formula is C31H42N2O3. The Hall–Kier alpha value is -2.66. The summed E-state index contributed by atoms with van der Waals surface area (Å²) in [5.74, 6) is 0.470. The van der Waals surface area contributed by atoms with Gasteiger partial charge in [-0.05, 0) is 48.1 Å². The standard InChI is InChI=1S/C31H42N2O3/c1-23(34)32-18-15-24(16-19-32)21-28(35)33-20-17-31(36,22-27(33)30(2,3)4)29(25-11-7-5-8-12-25)26-13-9-6-10-14-26/h5-14,24,27,29,36H,15-22H2,1-4H3. The fourth-order valence-corrected chi connectivity index (χ4v) is 6.27. The summed E-state index contributed by atoms with van der Waals surface area (Å²) >= 11 is 0. The number of nitrogens with zero attached hydrogens (tertiary/aromatic N) is 2. The number of rotatable bonds is 5. The van der Waals surface area contributed by atoms with E-state index in [1.807, 2.05) is 41.3 Å². The lowest BCUT2D eigenvalue weighted by Crippen LogP contribution is -2.59. The molecule has 2 unspecified atom stereocenters. The van der Waals surface area contributed by atoms with Crippen LogP contribution in [0.2, 0.25) is 0 Å². The second kappa shape index (κ2) is 10.8. The van der Waals surface area contributed by atoms with Crippen LogP contribution in [0.5, 0.6) is 0 Å². The molecule has 2 saturated heterocycles. The van der Waals surface area contributed by atoms with Crippen molar-refractivity contribution < 1.29 is 14.7 Å². The molecule has 0 aromatic heterocycles. The molecule has 36 heavy (non-hydrogen) atoms. The molecule has 1 N–H and O–H groups in total. The Kier molecular flexibility index (Phi) is 7.89. The van der Waals surface area contributed by atoms with Crippen molar-refractivity contribution in [2.75, 3.05) is 19.6 Å². The average molecular weight is 491 g/mol. The van der Waals surface area contributed by atoms with Crippen molar-refractivity contribution in [3.05, 3.63) is 71.8 Å². The van der Waals surface area contributed by atoms with Crippen molar-refractivity contribution in [3.8, 4) is 0 Å². The topological polar surface area (TPSA) is 60.9 Å². The van der Waals surface area contributed by atoms with Crippen LogP contribution >= 0.6 is 0 Å². The molecule has 0 saturated carbocycles. The van der Waals surface area contributed by atoms with Crippen LogP contribution in [0, 0.1) is 11.3 Å². The maximum atomic E-state index is 13.6. The minimum atomic E-state index is -0.954. The van der Waals surface area contributed by atoms with Gasteiger partial charge in [-0.2, -0.15) is 0 Å². The van der Waals surface area contributed by atoms with Crippen molar-refractivity contribution in [1.29, 1.82) is 0 Å². The number of hydrogen-bond acceptors (Lipinski definition) is 3. The van der Waals surface area contributed by atoms with Crippen LogP contribution in [0.15, 0.2) is 60.7 Å². The average Bonchev–Trinajstić information content (AvgIpc) is 2.85. The third kappa shape index (κ3) is 5.83. The quantitative estimate of drug-likeness (QED) is 0.624. The van der Waals surface area contributed by atoms with Gasteiger partial charge in [0.05, 0.1) is 5.60 Å². The monoisotopic (exact) mass is 490 g/mol. The number of likely N-dealkylation sites (tertiary alicyclic amines) is 2. The molecule has 2 aliphatic heterocycles. The lowest BCUT2D eigenvalue weighted by Gasteiger charge is -2.52. The predicted molar refractivity (Wildman–Crippen MR) is 143 cm³/mol. The molecule has 194 valence electrons. The Morgan fingerprint density at radius 1 is 0.944 bits per heavy atom. The summed E-state index contributed by atoms with van der Waals surface area (Å²) in [6.45, 7) is 10.2. The SMILES string of the molecule is CC(=O)N1CCC(CC(=O)N2CCC(O)(C(c3ccccc3)c3ccccc3)CC2C(C)(C)C)CC1. The number of carbonyl (C=O) groups excluding carboxylic acids is 2. The van der Waals surface area contributed by atoms with Gasteiger partial charge in [0.25, 0.3) is 0 Å². The first-order valence-corrected chi connectivity index (χ1v) is 13.5. The van der Waals surface area contributed by atoms with Crippen LogP contribution in [-0.4, -0.2) is 58.0 Å². The van der Waals surface area contributed by atoms with Gasteiger partial charge in [-0.15, -0.1) is 0 Å². The first kappa shape index (κ1) is 26.4. The third-order valence-corrected chi connectivity index (χ3v) is 8.36. The Morgan fingerprint density at radius 3 is 1.94 bits per heavy atom. The lowest BCUT2D eigenvalue weighted by atomic mass is 9.66. The first-order valence-electron chi connectivity index (χ1n) is 13.5. The van der Waals surface area contributed by atoms with E-state index in [1.165, 1.54) is 0 Å². The van der Waals surface area contributed by atoms with Gasteiger partial charge in [0.2, 0.25) is 11.8 Å². The van der Waals surface area contributed by atoms with Gasteiger partial charge in [-0.3, -0.25) is 9.59 Å². The summed E-state index contributed by atoms with van der Waals surface area (Å²) in [5.41, 5.74) is 1.09. The van der Waals surface area contributed by atoms with E-state index < -0.39 is 5.60 Å². The Labute approximate surface area is 216 Å². The fraction of sp³-hybridized carbons (Fsp3) is 0.548. The predicted octanol–water partition coefficient (Wildman–Crippen LogP) is 5.24. The highest BCUT2D eigenvalue weighted by Crippen LogP contribution is 2.46. The maximum Gasteiger partial charge on any atom is 0.223 e. The molecule has 0 spiro atoms. The van der Waals surface area contributed by atoms with E-state index in [2.05, 4.69) is 49.9 Å². The third-order valence-electron chi connectivity index (χ3n) is 8.36. The zero-order chi connectivity index (χ0) is 25.9. The summed E-state index contributed by atoms with van der Waals surface area (Å²) in [6.07, 6.45) is 3.38. The second-order valence-corrected chi connectivity index (χ2v) is 11.9. The van der Waals surface area contributed by atoms with E-state index in [0.717, 1.165) is 37.1 Å². The van der Waals surface area contributed by atoms with Crippen LogP contribution in [-0.2, 0) is 9.59 Å². The van der Waals surface area contributed by atoms with Crippen molar-refractivity contribution in [2.45, 2.75) is 77.4 Å². The Bertz CT molecular complexity index is 985. The molecule has 2 heterocycles. The second-order valence-electron chi connectivity index (χ2n) is 11.9. The minimum absolute atomic E-state index is 0.0593. The smallest absolute Gasteiger partial charge is 0.223 e. The molecule has 2 fully saturated rings. The number of piperidine rings is 2.